The molecule has 0 saturated carbocycles. The Labute approximate surface area is 168 Å². The van der Waals surface area contributed by atoms with Crippen LogP contribution in [-0.2, 0) is 13.1 Å². The number of hydrogen-bond acceptors (Lipinski definition) is 4. The number of likely N-dealkylation sites (tertiary alicyclic amines) is 1. The number of rotatable bonds is 5. The van der Waals surface area contributed by atoms with Crippen molar-refractivity contribution in [1.82, 2.24) is 30.1 Å². The van der Waals surface area contributed by atoms with E-state index in [-0.39, 0.29) is 29.7 Å². The molecule has 3 aromatic rings. The van der Waals surface area contributed by atoms with Gasteiger partial charge in [-0.05, 0) is 25.8 Å². The standard InChI is InChI=1S/C21H26N6O2/c1-21(2)11-17(14-26(21)13-15-6-4-3-5-7-15)25-20(29)22-12-16-10-19(28)27-18(24-16)8-9-23-27/h3-10,17,23H,11-14H2,1-2H3,(H2,22,25,29). The number of amides is 2. The van der Waals surface area contributed by atoms with E-state index in [1.807, 2.05) is 18.2 Å². The number of hydrogen-bond donors (Lipinski definition) is 3. The summed E-state index contributed by atoms with van der Waals surface area (Å²) in [5.41, 5.74) is 2.13. The van der Waals surface area contributed by atoms with E-state index in [0.29, 0.717) is 11.3 Å². The van der Waals surface area contributed by atoms with E-state index in [1.165, 1.54) is 16.1 Å². The third-order valence-electron chi connectivity index (χ3n) is 5.46. The first-order valence-corrected chi connectivity index (χ1v) is 9.80. The average molecular weight is 394 g/mol. The summed E-state index contributed by atoms with van der Waals surface area (Å²) in [4.78, 5) is 31.1. The molecule has 4 rings (SSSR count). The van der Waals surface area contributed by atoms with E-state index in [4.69, 9.17) is 0 Å². The molecule has 2 aromatic heterocycles. The number of carbonyl (C=O) groups is 1. The van der Waals surface area contributed by atoms with Gasteiger partial charge >= 0.3 is 6.03 Å². The van der Waals surface area contributed by atoms with Crippen LogP contribution in [0.3, 0.4) is 0 Å². The Kier molecular flexibility index (Phi) is 5.10. The van der Waals surface area contributed by atoms with Crippen molar-refractivity contribution in [1.29, 1.82) is 0 Å². The number of nitrogens with one attached hydrogen (secondary N) is 3. The van der Waals surface area contributed by atoms with E-state index >= 15 is 0 Å². The van der Waals surface area contributed by atoms with Gasteiger partial charge in [-0.3, -0.25) is 14.8 Å². The summed E-state index contributed by atoms with van der Waals surface area (Å²) in [6, 6.07) is 13.3. The molecule has 29 heavy (non-hydrogen) atoms. The van der Waals surface area contributed by atoms with Crippen LogP contribution in [0.5, 0.6) is 0 Å². The van der Waals surface area contributed by atoms with Crippen molar-refractivity contribution in [3.05, 3.63) is 70.3 Å². The molecule has 1 aliphatic heterocycles. The summed E-state index contributed by atoms with van der Waals surface area (Å²) in [5, 5.41) is 8.67. The zero-order chi connectivity index (χ0) is 20.4. The Bertz CT molecular complexity index is 1060. The molecular weight excluding hydrogens is 368 g/mol. The molecule has 0 aliphatic carbocycles. The van der Waals surface area contributed by atoms with E-state index in [1.54, 1.807) is 12.3 Å². The number of H-pyrrole nitrogens is 1. The lowest BCUT2D eigenvalue weighted by Crippen LogP contribution is -2.43. The highest BCUT2D eigenvalue weighted by molar-refractivity contribution is 5.74. The second-order valence-electron chi connectivity index (χ2n) is 8.15. The van der Waals surface area contributed by atoms with E-state index in [0.717, 1.165) is 19.5 Å². The van der Waals surface area contributed by atoms with E-state index in [9.17, 15) is 9.59 Å². The van der Waals surface area contributed by atoms with Crippen LogP contribution in [-0.4, -0.2) is 43.7 Å². The lowest BCUT2D eigenvalue weighted by atomic mass is 10.00. The number of urea groups is 1. The van der Waals surface area contributed by atoms with Crippen LogP contribution in [0, 0.1) is 0 Å². The van der Waals surface area contributed by atoms with Gasteiger partial charge in [-0.15, -0.1) is 0 Å². The Hall–Kier alpha value is -3.13. The summed E-state index contributed by atoms with van der Waals surface area (Å²) in [6.07, 6.45) is 2.53. The highest BCUT2D eigenvalue weighted by Gasteiger charge is 2.38. The molecule has 3 N–H and O–H groups in total. The van der Waals surface area contributed by atoms with Crippen molar-refractivity contribution in [2.45, 2.75) is 44.9 Å². The molecule has 3 heterocycles. The third kappa shape index (κ3) is 4.32. The quantitative estimate of drug-likeness (QED) is 0.616. The van der Waals surface area contributed by atoms with Crippen LogP contribution in [0.4, 0.5) is 4.79 Å². The summed E-state index contributed by atoms with van der Waals surface area (Å²) < 4.78 is 1.35. The van der Waals surface area contributed by atoms with Crippen molar-refractivity contribution < 1.29 is 4.79 Å². The molecule has 152 valence electrons. The van der Waals surface area contributed by atoms with Crippen molar-refractivity contribution in [2.75, 3.05) is 6.54 Å². The molecule has 1 unspecified atom stereocenters. The van der Waals surface area contributed by atoms with Gasteiger partial charge in [0.05, 0.1) is 12.2 Å². The Balaban J connectivity index is 1.33. The van der Waals surface area contributed by atoms with Gasteiger partial charge in [-0.2, -0.15) is 0 Å². The monoisotopic (exact) mass is 394 g/mol. The zero-order valence-corrected chi connectivity index (χ0v) is 16.7. The van der Waals surface area contributed by atoms with Gasteiger partial charge in [0, 0.05) is 43.0 Å². The summed E-state index contributed by atoms with van der Waals surface area (Å²) in [5.74, 6) is 0. The predicted molar refractivity (Wildman–Crippen MR) is 111 cm³/mol. The predicted octanol–water partition coefficient (Wildman–Crippen LogP) is 1.87. The van der Waals surface area contributed by atoms with E-state index in [2.05, 4.69) is 51.6 Å². The van der Waals surface area contributed by atoms with Gasteiger partial charge in [-0.1, -0.05) is 30.3 Å². The molecule has 8 nitrogen and oxygen atoms in total. The molecule has 0 spiro atoms. The molecule has 8 heteroatoms. The molecule has 1 aromatic carbocycles. The topological polar surface area (TPSA) is 94.5 Å². The van der Waals surface area contributed by atoms with Crippen LogP contribution in [0.15, 0.2) is 53.5 Å². The highest BCUT2D eigenvalue weighted by Crippen LogP contribution is 2.30. The smallest absolute Gasteiger partial charge is 0.315 e. The van der Waals surface area contributed by atoms with Crippen LogP contribution in [0.2, 0.25) is 0 Å². The van der Waals surface area contributed by atoms with Gasteiger partial charge in [0.2, 0.25) is 0 Å². The first kappa shape index (κ1) is 19.2. The molecule has 1 aliphatic rings. The molecule has 0 radical (unpaired) electrons. The van der Waals surface area contributed by atoms with Gasteiger partial charge in [0.15, 0.2) is 5.65 Å². The number of fused-ring (bicyclic) bond motifs is 1. The van der Waals surface area contributed by atoms with Gasteiger partial charge in [0.1, 0.15) is 0 Å². The first-order valence-electron chi connectivity index (χ1n) is 9.80. The second kappa shape index (κ2) is 7.71. The lowest BCUT2D eigenvalue weighted by molar-refractivity contribution is 0.166. The second-order valence-corrected chi connectivity index (χ2v) is 8.15. The number of aromatic nitrogens is 3. The fourth-order valence-corrected chi connectivity index (χ4v) is 3.96. The maximum atomic E-state index is 12.4. The maximum Gasteiger partial charge on any atom is 0.315 e. The molecule has 1 atom stereocenters. The van der Waals surface area contributed by atoms with Crippen molar-refractivity contribution >= 4 is 11.7 Å². The molecule has 0 bridgehead atoms. The minimum absolute atomic E-state index is 0.00332. The van der Waals surface area contributed by atoms with Crippen LogP contribution >= 0.6 is 0 Å². The SMILES string of the molecule is CC1(C)CC(NC(=O)NCc2cc(=O)n3[nH]ccc3n2)CN1Cc1ccccc1. The van der Waals surface area contributed by atoms with Crippen molar-refractivity contribution in [3.63, 3.8) is 0 Å². The number of aromatic amines is 1. The third-order valence-corrected chi connectivity index (χ3v) is 5.46. The Morgan fingerprint density at radius 1 is 1.28 bits per heavy atom. The van der Waals surface area contributed by atoms with Gasteiger partial charge < -0.3 is 10.6 Å². The highest BCUT2D eigenvalue weighted by atomic mass is 16.2. The average Bonchev–Trinajstić information content (AvgIpc) is 3.25. The maximum absolute atomic E-state index is 12.4. The minimum Gasteiger partial charge on any atom is -0.334 e. The lowest BCUT2D eigenvalue weighted by Gasteiger charge is -2.31. The van der Waals surface area contributed by atoms with Crippen LogP contribution in [0.25, 0.3) is 5.65 Å². The first-order chi connectivity index (χ1) is 13.9. The minimum atomic E-state index is -0.247. The normalized spacial score (nSPS) is 18.8. The van der Waals surface area contributed by atoms with Crippen LogP contribution in [0.1, 0.15) is 31.5 Å². The van der Waals surface area contributed by atoms with Crippen molar-refractivity contribution in [3.8, 4) is 0 Å². The van der Waals surface area contributed by atoms with Crippen molar-refractivity contribution in [2.24, 2.45) is 0 Å². The fraction of sp³-hybridized carbons (Fsp3) is 0.381. The van der Waals surface area contributed by atoms with E-state index < -0.39 is 0 Å². The fourth-order valence-electron chi connectivity index (χ4n) is 3.96. The van der Waals surface area contributed by atoms with Gasteiger partial charge in [-0.25, -0.2) is 14.3 Å². The number of carbonyl (C=O) groups excluding carboxylic acids is 1. The number of nitrogens with zero attached hydrogens (tertiary/aromatic N) is 3. The largest absolute Gasteiger partial charge is 0.334 e. The zero-order valence-electron chi connectivity index (χ0n) is 16.7. The molecule has 2 amide bonds. The molecule has 1 saturated heterocycles. The molecular formula is C21H26N6O2. The number of benzene rings is 1. The Morgan fingerprint density at radius 2 is 2.07 bits per heavy atom. The summed E-state index contributed by atoms with van der Waals surface area (Å²) >= 11 is 0. The van der Waals surface area contributed by atoms with Gasteiger partial charge in [0.25, 0.3) is 5.56 Å². The molecule has 1 fully saturated rings. The summed E-state index contributed by atoms with van der Waals surface area (Å²) in [7, 11) is 0. The Morgan fingerprint density at radius 3 is 2.86 bits per heavy atom. The summed E-state index contributed by atoms with van der Waals surface area (Å²) in [6.45, 7) is 6.27. The van der Waals surface area contributed by atoms with Crippen LogP contribution < -0.4 is 16.2 Å².